The number of aryl methyl sites for hydroxylation is 1. The molecule has 3 heterocycles. The number of aromatic nitrogens is 6. The molecule has 14 heteroatoms. The first-order valence-electron chi connectivity index (χ1n) is 10.9. The Morgan fingerprint density at radius 2 is 2.11 bits per heavy atom. The van der Waals surface area contributed by atoms with Crippen LogP contribution in [0.5, 0.6) is 0 Å². The zero-order valence-electron chi connectivity index (χ0n) is 19.6. The predicted octanol–water partition coefficient (Wildman–Crippen LogP) is 1.65. The van der Waals surface area contributed by atoms with Crippen LogP contribution < -0.4 is 15.8 Å². The Bertz CT molecular complexity index is 1340. The van der Waals surface area contributed by atoms with Crippen molar-refractivity contribution in [3.05, 3.63) is 36.2 Å². The minimum Gasteiger partial charge on any atom is -0.468 e. The minimum absolute atomic E-state index is 0.0556. The monoisotopic (exact) mass is 527 g/mol. The fourth-order valence-corrected chi connectivity index (χ4v) is 5.49. The summed E-state index contributed by atoms with van der Waals surface area (Å²) in [4.78, 5) is 29.7. The van der Waals surface area contributed by atoms with Gasteiger partial charge in [0, 0.05) is 39.3 Å². The fraction of sp³-hybridized carbons (Fsp3) is 0.273. The molecule has 0 bridgehead atoms. The molecule has 6 N–H and O–H groups in total. The van der Waals surface area contributed by atoms with E-state index >= 15 is 0 Å². The number of nitrogens with two attached hydrogens (primary N) is 1. The molecule has 0 aliphatic carbocycles. The van der Waals surface area contributed by atoms with Gasteiger partial charge in [-0.05, 0) is 41.8 Å². The number of carbonyl (C=O) groups is 2. The van der Waals surface area contributed by atoms with Gasteiger partial charge >= 0.3 is 5.97 Å². The van der Waals surface area contributed by atoms with Crippen LogP contribution in [0.15, 0.2) is 40.1 Å². The largest absolute Gasteiger partial charge is 0.468 e. The maximum absolute atomic E-state index is 10.1. The first kappa shape index (κ1) is 25.6. The number of amides is 1. The lowest BCUT2D eigenvalue weighted by atomic mass is 9.98. The van der Waals surface area contributed by atoms with E-state index in [0.717, 1.165) is 56.4 Å². The lowest BCUT2D eigenvalue weighted by molar-refractivity contribution is -0.140. The fourth-order valence-electron chi connectivity index (χ4n) is 3.58. The number of methoxy groups -OCH3 is 1. The third-order valence-corrected chi connectivity index (χ3v) is 7.37. The number of hydrogen-bond acceptors (Lipinski definition) is 11. The van der Waals surface area contributed by atoms with Crippen molar-refractivity contribution in [1.82, 2.24) is 41.2 Å². The van der Waals surface area contributed by atoms with Gasteiger partial charge in [-0.25, -0.2) is 4.98 Å². The summed E-state index contributed by atoms with van der Waals surface area (Å²) in [7, 11) is 1.26. The highest BCUT2D eigenvalue weighted by Crippen LogP contribution is 2.44. The van der Waals surface area contributed by atoms with E-state index in [-0.39, 0.29) is 6.54 Å². The molecule has 1 saturated heterocycles. The van der Waals surface area contributed by atoms with Gasteiger partial charge in [0.15, 0.2) is 0 Å². The zero-order valence-corrected chi connectivity index (χ0v) is 21.2. The molecule has 0 radical (unpaired) electrons. The first-order valence-corrected chi connectivity index (χ1v) is 12.7. The third kappa shape index (κ3) is 5.67. The average molecular weight is 528 g/mol. The van der Waals surface area contributed by atoms with E-state index in [4.69, 9.17) is 5.14 Å². The number of para-hydroxylation sites is 1. The number of thioether (sulfide) groups is 1. The highest BCUT2D eigenvalue weighted by molar-refractivity contribution is 8.02. The van der Waals surface area contributed by atoms with Crippen molar-refractivity contribution in [2.75, 3.05) is 26.7 Å². The number of imidazole rings is 1. The van der Waals surface area contributed by atoms with Crippen LogP contribution in [-0.2, 0) is 14.3 Å². The van der Waals surface area contributed by atoms with Crippen LogP contribution in [0.1, 0.15) is 5.82 Å². The number of fused-ring (bicyclic) bond motifs is 1. The third-order valence-electron chi connectivity index (χ3n) is 5.32. The summed E-state index contributed by atoms with van der Waals surface area (Å²) >= 11 is 3.06. The number of nitrogens with zero attached hydrogens (tertiary/aromatic N) is 4. The Labute approximate surface area is 215 Å². The summed E-state index contributed by atoms with van der Waals surface area (Å²) in [6, 6.07) is 10.4. The number of benzene rings is 2. The van der Waals surface area contributed by atoms with Gasteiger partial charge in [0.1, 0.15) is 12.4 Å². The smallest absolute Gasteiger partial charge is 0.325 e. The van der Waals surface area contributed by atoms with Gasteiger partial charge in [0.05, 0.1) is 18.1 Å². The van der Waals surface area contributed by atoms with Crippen LogP contribution in [0.4, 0.5) is 0 Å². The maximum Gasteiger partial charge on any atom is 0.325 e. The van der Waals surface area contributed by atoms with E-state index < -0.39 is 5.97 Å². The zero-order chi connectivity index (χ0) is 25.5. The predicted molar refractivity (Wildman–Crippen MR) is 138 cm³/mol. The van der Waals surface area contributed by atoms with Gasteiger partial charge < -0.3 is 20.4 Å². The Hall–Kier alpha value is -3.46. The molecule has 1 amide bonds. The van der Waals surface area contributed by atoms with E-state index in [1.54, 1.807) is 0 Å². The van der Waals surface area contributed by atoms with Crippen molar-refractivity contribution in [1.29, 1.82) is 0 Å². The molecule has 0 spiro atoms. The van der Waals surface area contributed by atoms with Crippen LogP contribution >= 0.6 is 23.7 Å². The Morgan fingerprint density at radius 3 is 2.75 bits per heavy atom. The Morgan fingerprint density at radius 1 is 1.28 bits per heavy atom. The highest BCUT2D eigenvalue weighted by Gasteiger charge is 2.25. The molecule has 1 fully saturated rings. The van der Waals surface area contributed by atoms with Crippen LogP contribution in [0.25, 0.3) is 33.5 Å². The van der Waals surface area contributed by atoms with Crippen molar-refractivity contribution in [2.24, 2.45) is 5.14 Å². The number of H-pyrrole nitrogens is 2. The van der Waals surface area contributed by atoms with Crippen molar-refractivity contribution >= 4 is 47.1 Å². The number of esters is 1. The summed E-state index contributed by atoms with van der Waals surface area (Å²) in [5.41, 5.74) is 4.80. The van der Waals surface area contributed by atoms with Crippen molar-refractivity contribution in [3.8, 4) is 22.5 Å². The quantitative estimate of drug-likeness (QED) is 0.128. The van der Waals surface area contributed by atoms with Crippen LogP contribution in [-0.4, -0.2) is 75.0 Å². The Kier molecular flexibility index (Phi) is 8.53. The molecule has 4 aromatic rings. The summed E-state index contributed by atoms with van der Waals surface area (Å²) in [6.07, 6.45) is 0.441. The SMILES string of the molecule is COC(=O)CNC=O.Cc1nc2c(-c3ccc(SC4CNC4)c(SN)c3-c3nn[nH]n3)cccc2[nH]1. The summed E-state index contributed by atoms with van der Waals surface area (Å²) in [5.74, 6) is 0.958. The number of carbonyl (C=O) groups excluding carboxylic acids is 2. The molecule has 36 heavy (non-hydrogen) atoms. The maximum atomic E-state index is 10.1. The standard InChI is InChI=1S/C18H18N8S2.C4H7NO3/c1-9-21-13-4-2-3-12(16(13)22-9)11-5-6-14(27-10-7-20-8-10)17(28-19)15(11)18-23-25-26-24-18;1-8-4(7)2-5-3-6/h2-6,10,20H,7-8,19H2,1H3,(H,21,22)(H,23,24,25,26);3H,2H2,1H3,(H,5,6). The summed E-state index contributed by atoms with van der Waals surface area (Å²) in [6.45, 7) is 3.91. The van der Waals surface area contributed by atoms with Gasteiger partial charge in [-0.15, -0.1) is 22.0 Å². The molecular formula is C22H25N9O3S2. The first-order chi connectivity index (χ1) is 17.5. The van der Waals surface area contributed by atoms with Gasteiger partial charge in [-0.2, -0.15) is 5.21 Å². The second-order valence-electron chi connectivity index (χ2n) is 7.67. The molecule has 0 unspecified atom stereocenters. The number of aromatic amines is 2. The second kappa shape index (κ2) is 12.0. The highest BCUT2D eigenvalue weighted by atomic mass is 32.2. The molecule has 0 atom stereocenters. The van der Waals surface area contributed by atoms with Crippen molar-refractivity contribution < 1.29 is 14.3 Å². The minimum atomic E-state index is -0.447. The van der Waals surface area contributed by atoms with Gasteiger partial charge in [-0.3, -0.25) is 14.7 Å². The number of rotatable bonds is 8. The molecule has 0 saturated carbocycles. The molecule has 5 rings (SSSR count). The van der Waals surface area contributed by atoms with Crippen molar-refractivity contribution in [3.63, 3.8) is 0 Å². The van der Waals surface area contributed by atoms with Crippen LogP contribution in [0.2, 0.25) is 0 Å². The van der Waals surface area contributed by atoms with Gasteiger partial charge in [0.2, 0.25) is 12.2 Å². The van der Waals surface area contributed by atoms with E-state index in [0.29, 0.717) is 17.5 Å². The average Bonchev–Trinajstić information content (AvgIpc) is 3.53. The normalized spacial score (nSPS) is 13.0. The van der Waals surface area contributed by atoms with E-state index in [2.05, 4.69) is 64.2 Å². The molecular weight excluding hydrogens is 502 g/mol. The number of tetrazole rings is 1. The second-order valence-corrected chi connectivity index (χ2v) is 9.65. The van der Waals surface area contributed by atoms with E-state index in [1.807, 2.05) is 30.8 Å². The number of hydrogen-bond donors (Lipinski definition) is 5. The van der Waals surface area contributed by atoms with Gasteiger partial charge in [-0.1, -0.05) is 18.2 Å². The molecule has 1 aliphatic rings. The molecule has 1 aliphatic heterocycles. The lowest BCUT2D eigenvalue weighted by Crippen LogP contribution is -2.44. The topological polar surface area (TPSA) is 177 Å². The van der Waals surface area contributed by atoms with Gasteiger partial charge in [0.25, 0.3) is 0 Å². The molecule has 2 aromatic carbocycles. The Balaban J connectivity index is 0.000000331. The summed E-state index contributed by atoms with van der Waals surface area (Å²) in [5, 5.41) is 27.0. The number of ether oxygens (including phenoxy) is 1. The van der Waals surface area contributed by atoms with Crippen molar-refractivity contribution in [2.45, 2.75) is 22.0 Å². The molecule has 188 valence electrons. The number of nitrogens with one attached hydrogen (secondary N) is 4. The molecule has 12 nitrogen and oxygen atoms in total. The summed E-state index contributed by atoms with van der Waals surface area (Å²) < 4.78 is 4.19. The molecule has 2 aromatic heterocycles. The van der Waals surface area contributed by atoms with Crippen LogP contribution in [0, 0.1) is 6.92 Å². The van der Waals surface area contributed by atoms with Crippen LogP contribution in [0.3, 0.4) is 0 Å². The van der Waals surface area contributed by atoms with E-state index in [1.165, 1.54) is 19.1 Å². The lowest BCUT2D eigenvalue weighted by Gasteiger charge is -2.27. The van der Waals surface area contributed by atoms with E-state index in [9.17, 15) is 9.59 Å².